The molecule has 3 N–H and O–H groups in total. The van der Waals surface area contributed by atoms with Gasteiger partial charge in [0.25, 0.3) is 5.91 Å². The minimum Gasteiger partial charge on any atom is -0.481 e. The summed E-state index contributed by atoms with van der Waals surface area (Å²) < 4.78 is 19.1. The first-order chi connectivity index (χ1) is 8.63. The highest BCUT2D eigenvalue weighted by molar-refractivity contribution is 9.10. The van der Waals surface area contributed by atoms with E-state index in [-0.39, 0.29) is 30.7 Å². The molecule has 0 radical (unpaired) electrons. The van der Waals surface area contributed by atoms with E-state index in [1.165, 1.54) is 12.1 Å². The SMILES string of the molecule is Cl.NCCCCNC(=O)COc1ccc(Br)cc1F. The highest BCUT2D eigenvalue weighted by Crippen LogP contribution is 2.21. The van der Waals surface area contributed by atoms with Gasteiger partial charge in [-0.15, -0.1) is 12.4 Å². The number of benzene rings is 1. The zero-order chi connectivity index (χ0) is 13.4. The maximum Gasteiger partial charge on any atom is 0.257 e. The van der Waals surface area contributed by atoms with Crippen molar-refractivity contribution in [3.63, 3.8) is 0 Å². The number of hydrogen-bond acceptors (Lipinski definition) is 3. The van der Waals surface area contributed by atoms with Crippen molar-refractivity contribution >= 4 is 34.2 Å². The van der Waals surface area contributed by atoms with Crippen molar-refractivity contribution in [3.8, 4) is 5.75 Å². The normalized spacial score (nSPS) is 9.63. The lowest BCUT2D eigenvalue weighted by Crippen LogP contribution is -2.30. The second-order valence-electron chi connectivity index (χ2n) is 3.71. The summed E-state index contributed by atoms with van der Waals surface area (Å²) >= 11 is 3.14. The Morgan fingerprint density at radius 1 is 1.42 bits per heavy atom. The van der Waals surface area contributed by atoms with Crippen LogP contribution in [0, 0.1) is 5.82 Å². The quantitative estimate of drug-likeness (QED) is 0.737. The smallest absolute Gasteiger partial charge is 0.257 e. The Kier molecular flexibility index (Phi) is 9.55. The monoisotopic (exact) mass is 354 g/mol. The third-order valence-corrected chi connectivity index (χ3v) is 2.70. The maximum atomic E-state index is 13.4. The van der Waals surface area contributed by atoms with Crippen LogP contribution in [0.1, 0.15) is 12.8 Å². The lowest BCUT2D eigenvalue weighted by molar-refractivity contribution is -0.123. The van der Waals surface area contributed by atoms with Crippen LogP contribution in [0.3, 0.4) is 0 Å². The molecule has 108 valence electrons. The van der Waals surface area contributed by atoms with Crippen molar-refractivity contribution in [1.82, 2.24) is 5.32 Å². The van der Waals surface area contributed by atoms with Gasteiger partial charge in [0.15, 0.2) is 18.2 Å². The molecule has 0 saturated carbocycles. The van der Waals surface area contributed by atoms with Crippen molar-refractivity contribution in [3.05, 3.63) is 28.5 Å². The first kappa shape index (κ1) is 18.1. The molecule has 1 amide bonds. The zero-order valence-electron chi connectivity index (χ0n) is 10.3. The van der Waals surface area contributed by atoms with Crippen LogP contribution >= 0.6 is 28.3 Å². The molecular weight excluding hydrogens is 338 g/mol. The molecular formula is C12H17BrClFN2O2. The maximum absolute atomic E-state index is 13.4. The molecule has 19 heavy (non-hydrogen) atoms. The van der Waals surface area contributed by atoms with E-state index in [4.69, 9.17) is 10.5 Å². The van der Waals surface area contributed by atoms with Crippen LogP contribution in [-0.2, 0) is 4.79 Å². The van der Waals surface area contributed by atoms with Crippen LogP contribution in [0.4, 0.5) is 4.39 Å². The van der Waals surface area contributed by atoms with E-state index in [1.807, 2.05) is 0 Å². The number of hydrogen-bond donors (Lipinski definition) is 2. The molecule has 4 nitrogen and oxygen atoms in total. The number of nitrogens with one attached hydrogen (secondary N) is 1. The molecule has 0 aromatic heterocycles. The molecule has 1 aromatic carbocycles. The minimum absolute atomic E-state index is 0. The molecule has 0 unspecified atom stereocenters. The third-order valence-electron chi connectivity index (χ3n) is 2.21. The summed E-state index contributed by atoms with van der Waals surface area (Å²) in [6.45, 7) is 0.972. The fourth-order valence-corrected chi connectivity index (χ4v) is 1.62. The molecule has 1 rings (SSSR count). The molecule has 0 aliphatic heterocycles. The van der Waals surface area contributed by atoms with E-state index < -0.39 is 5.82 Å². The molecule has 0 spiro atoms. The Morgan fingerprint density at radius 3 is 2.79 bits per heavy atom. The predicted molar refractivity (Wildman–Crippen MR) is 78.1 cm³/mol. The number of carbonyl (C=O) groups is 1. The van der Waals surface area contributed by atoms with Crippen LogP contribution in [0.5, 0.6) is 5.75 Å². The van der Waals surface area contributed by atoms with Crippen LogP contribution in [0.2, 0.25) is 0 Å². The lowest BCUT2D eigenvalue weighted by Gasteiger charge is -2.08. The van der Waals surface area contributed by atoms with Crippen molar-refractivity contribution in [2.45, 2.75) is 12.8 Å². The number of ether oxygens (including phenoxy) is 1. The Bertz CT molecular complexity index is 407. The number of carbonyl (C=O) groups excluding carboxylic acids is 1. The van der Waals surface area contributed by atoms with Crippen molar-refractivity contribution in [2.75, 3.05) is 19.7 Å². The van der Waals surface area contributed by atoms with Gasteiger partial charge in [0.2, 0.25) is 0 Å². The van der Waals surface area contributed by atoms with Gasteiger partial charge < -0.3 is 15.8 Å². The van der Waals surface area contributed by atoms with Gasteiger partial charge in [0, 0.05) is 11.0 Å². The minimum atomic E-state index is -0.500. The molecule has 0 saturated heterocycles. The van der Waals surface area contributed by atoms with Gasteiger partial charge in [-0.3, -0.25) is 4.79 Å². The standard InChI is InChI=1S/C12H16BrFN2O2.ClH/c13-9-3-4-11(10(14)7-9)18-8-12(17)16-6-2-1-5-15;/h3-4,7H,1-2,5-6,8,15H2,(H,16,17);1H. The number of halogens is 3. The lowest BCUT2D eigenvalue weighted by atomic mass is 10.3. The van der Waals surface area contributed by atoms with Crippen molar-refractivity contribution < 1.29 is 13.9 Å². The summed E-state index contributed by atoms with van der Waals surface area (Å²) in [5, 5.41) is 2.67. The number of rotatable bonds is 7. The third kappa shape index (κ3) is 7.34. The van der Waals surface area contributed by atoms with Gasteiger partial charge in [0.1, 0.15) is 0 Å². The zero-order valence-corrected chi connectivity index (χ0v) is 12.7. The van der Waals surface area contributed by atoms with Gasteiger partial charge in [-0.2, -0.15) is 0 Å². The van der Waals surface area contributed by atoms with E-state index in [0.29, 0.717) is 17.6 Å². The summed E-state index contributed by atoms with van der Waals surface area (Å²) in [4.78, 5) is 11.4. The molecule has 0 atom stereocenters. The van der Waals surface area contributed by atoms with Crippen LogP contribution in [-0.4, -0.2) is 25.6 Å². The van der Waals surface area contributed by atoms with E-state index in [9.17, 15) is 9.18 Å². The molecule has 7 heteroatoms. The fourth-order valence-electron chi connectivity index (χ4n) is 1.28. The van der Waals surface area contributed by atoms with Gasteiger partial charge in [0.05, 0.1) is 0 Å². The predicted octanol–water partition coefficient (Wildman–Crippen LogP) is 2.24. The summed E-state index contributed by atoms with van der Waals surface area (Å²) in [6.07, 6.45) is 1.69. The van der Waals surface area contributed by atoms with Gasteiger partial charge >= 0.3 is 0 Å². The average Bonchev–Trinajstić information content (AvgIpc) is 2.33. The van der Waals surface area contributed by atoms with Gasteiger partial charge in [-0.05, 0) is 37.6 Å². The Balaban J connectivity index is 0.00000324. The highest BCUT2D eigenvalue weighted by atomic mass is 79.9. The van der Waals surface area contributed by atoms with Crippen LogP contribution in [0.25, 0.3) is 0 Å². The molecule has 0 aliphatic carbocycles. The largest absolute Gasteiger partial charge is 0.481 e. The molecule has 1 aromatic rings. The Morgan fingerprint density at radius 2 is 2.16 bits per heavy atom. The first-order valence-corrected chi connectivity index (χ1v) is 6.47. The van der Waals surface area contributed by atoms with Crippen molar-refractivity contribution in [2.24, 2.45) is 5.73 Å². The second-order valence-corrected chi connectivity index (χ2v) is 4.62. The summed E-state index contributed by atoms with van der Waals surface area (Å²) in [5.41, 5.74) is 5.33. The number of unbranched alkanes of at least 4 members (excludes halogenated alkanes) is 1. The molecule has 0 bridgehead atoms. The second kappa shape index (κ2) is 10.00. The summed E-state index contributed by atoms with van der Waals surface area (Å²) in [6, 6.07) is 4.41. The first-order valence-electron chi connectivity index (χ1n) is 5.68. The highest BCUT2D eigenvalue weighted by Gasteiger charge is 2.06. The van der Waals surface area contributed by atoms with E-state index >= 15 is 0 Å². The fraction of sp³-hybridized carbons (Fsp3) is 0.417. The average molecular weight is 356 g/mol. The van der Waals surface area contributed by atoms with Crippen LogP contribution in [0.15, 0.2) is 22.7 Å². The van der Waals surface area contributed by atoms with E-state index in [2.05, 4.69) is 21.2 Å². The molecule has 0 aliphatic rings. The van der Waals surface area contributed by atoms with E-state index in [0.717, 1.165) is 12.8 Å². The Labute approximate surface area is 126 Å². The van der Waals surface area contributed by atoms with E-state index in [1.54, 1.807) is 6.07 Å². The molecule has 0 fully saturated rings. The number of amides is 1. The van der Waals surface area contributed by atoms with Crippen molar-refractivity contribution in [1.29, 1.82) is 0 Å². The molecule has 0 heterocycles. The van der Waals surface area contributed by atoms with Gasteiger partial charge in [-0.1, -0.05) is 15.9 Å². The Hall–Kier alpha value is -0.850. The van der Waals surface area contributed by atoms with Crippen LogP contribution < -0.4 is 15.8 Å². The topological polar surface area (TPSA) is 64.3 Å². The number of nitrogens with two attached hydrogens (primary N) is 1. The summed E-state index contributed by atoms with van der Waals surface area (Å²) in [5.74, 6) is -0.704. The summed E-state index contributed by atoms with van der Waals surface area (Å²) in [7, 11) is 0. The van der Waals surface area contributed by atoms with Gasteiger partial charge in [-0.25, -0.2) is 4.39 Å².